The Morgan fingerprint density at radius 1 is 1.00 bits per heavy atom. The SMILES string of the molecule is CN=C(NCCCn1ccc2ccccc21)NCc1nncn1-c1ccccc1. The first-order valence-corrected chi connectivity index (χ1v) is 9.78. The molecule has 0 aliphatic carbocycles. The van der Waals surface area contributed by atoms with E-state index in [0.717, 1.165) is 37.0 Å². The quantitative estimate of drug-likeness (QED) is 0.291. The van der Waals surface area contributed by atoms with Crippen molar-refractivity contribution in [3.05, 3.63) is 79.0 Å². The molecule has 0 saturated heterocycles. The van der Waals surface area contributed by atoms with E-state index < -0.39 is 0 Å². The van der Waals surface area contributed by atoms with E-state index in [0.29, 0.717) is 6.54 Å². The summed E-state index contributed by atoms with van der Waals surface area (Å²) in [4.78, 5) is 4.30. The molecule has 148 valence electrons. The summed E-state index contributed by atoms with van der Waals surface area (Å²) in [6.07, 6.45) is 4.87. The number of para-hydroxylation sites is 2. The highest BCUT2D eigenvalue weighted by molar-refractivity contribution is 5.80. The molecule has 2 N–H and O–H groups in total. The summed E-state index contributed by atoms with van der Waals surface area (Å²) in [6, 6.07) is 20.7. The lowest BCUT2D eigenvalue weighted by Crippen LogP contribution is -2.38. The van der Waals surface area contributed by atoms with Gasteiger partial charge in [0.25, 0.3) is 0 Å². The molecule has 0 aliphatic heterocycles. The third-order valence-electron chi connectivity index (χ3n) is 4.84. The van der Waals surface area contributed by atoms with Crippen molar-refractivity contribution in [2.24, 2.45) is 4.99 Å². The van der Waals surface area contributed by atoms with Gasteiger partial charge in [-0.2, -0.15) is 0 Å². The first-order chi connectivity index (χ1) is 14.3. The largest absolute Gasteiger partial charge is 0.356 e. The summed E-state index contributed by atoms with van der Waals surface area (Å²) in [5.74, 6) is 1.59. The topological polar surface area (TPSA) is 72.1 Å². The zero-order valence-electron chi connectivity index (χ0n) is 16.5. The lowest BCUT2D eigenvalue weighted by atomic mass is 10.2. The van der Waals surface area contributed by atoms with Crippen molar-refractivity contribution < 1.29 is 0 Å². The first-order valence-electron chi connectivity index (χ1n) is 9.78. The van der Waals surface area contributed by atoms with Crippen molar-refractivity contribution in [3.63, 3.8) is 0 Å². The maximum atomic E-state index is 4.30. The van der Waals surface area contributed by atoms with Crippen LogP contribution in [0.3, 0.4) is 0 Å². The molecule has 0 radical (unpaired) electrons. The van der Waals surface area contributed by atoms with Crippen LogP contribution in [-0.4, -0.2) is 38.9 Å². The summed E-state index contributed by atoms with van der Waals surface area (Å²) in [6.45, 7) is 2.33. The van der Waals surface area contributed by atoms with Gasteiger partial charge in [0, 0.05) is 37.5 Å². The number of hydrogen-bond donors (Lipinski definition) is 2. The van der Waals surface area contributed by atoms with E-state index in [4.69, 9.17) is 0 Å². The molecule has 0 saturated carbocycles. The molecule has 0 bridgehead atoms. The molecule has 2 aromatic heterocycles. The Bertz CT molecular complexity index is 1080. The Kier molecular flexibility index (Phi) is 5.85. The van der Waals surface area contributed by atoms with Gasteiger partial charge in [0.05, 0.1) is 6.54 Å². The van der Waals surface area contributed by atoms with Crippen LogP contribution in [0.5, 0.6) is 0 Å². The minimum atomic E-state index is 0.538. The molecular weight excluding hydrogens is 362 g/mol. The molecule has 4 rings (SSSR count). The third-order valence-corrected chi connectivity index (χ3v) is 4.84. The van der Waals surface area contributed by atoms with Gasteiger partial charge in [-0.3, -0.25) is 9.56 Å². The number of guanidine groups is 1. The molecule has 4 aromatic rings. The lowest BCUT2D eigenvalue weighted by Gasteiger charge is -2.13. The third kappa shape index (κ3) is 4.45. The number of benzene rings is 2. The summed E-state index contributed by atoms with van der Waals surface area (Å²) < 4.78 is 4.26. The minimum Gasteiger partial charge on any atom is -0.356 e. The predicted molar refractivity (Wildman–Crippen MR) is 116 cm³/mol. The van der Waals surface area contributed by atoms with Gasteiger partial charge in [-0.1, -0.05) is 36.4 Å². The standard InChI is InChI=1S/C22H25N7/c1-23-22(24-13-7-14-28-15-12-18-8-5-6-11-20(18)28)25-16-21-27-26-17-29(21)19-9-3-2-4-10-19/h2-6,8-12,15,17H,7,13-14,16H2,1H3,(H2,23,24,25). The second-order valence-electron chi connectivity index (χ2n) is 6.73. The Balaban J connectivity index is 1.27. The molecule has 7 heteroatoms. The average Bonchev–Trinajstić information content (AvgIpc) is 3.41. The van der Waals surface area contributed by atoms with Crippen molar-refractivity contribution >= 4 is 16.9 Å². The zero-order chi connectivity index (χ0) is 19.9. The van der Waals surface area contributed by atoms with Gasteiger partial charge in [-0.25, -0.2) is 0 Å². The van der Waals surface area contributed by atoms with Crippen LogP contribution in [0.2, 0.25) is 0 Å². The number of hydrogen-bond acceptors (Lipinski definition) is 3. The van der Waals surface area contributed by atoms with E-state index in [-0.39, 0.29) is 0 Å². The lowest BCUT2D eigenvalue weighted by molar-refractivity contribution is 0.638. The number of nitrogens with zero attached hydrogens (tertiary/aromatic N) is 5. The first kappa shape index (κ1) is 18.7. The van der Waals surface area contributed by atoms with E-state index in [1.807, 2.05) is 34.9 Å². The molecule has 2 aromatic carbocycles. The molecular formula is C22H25N7. The average molecular weight is 387 g/mol. The Hall–Kier alpha value is -3.61. The molecule has 29 heavy (non-hydrogen) atoms. The second-order valence-corrected chi connectivity index (χ2v) is 6.73. The molecule has 7 nitrogen and oxygen atoms in total. The summed E-state index contributed by atoms with van der Waals surface area (Å²) in [7, 11) is 1.77. The van der Waals surface area contributed by atoms with Gasteiger partial charge in [-0.05, 0) is 36.1 Å². The number of aliphatic imine (C=N–C) groups is 1. The molecule has 2 heterocycles. The van der Waals surface area contributed by atoms with E-state index in [9.17, 15) is 0 Å². The smallest absolute Gasteiger partial charge is 0.191 e. The summed E-state index contributed by atoms with van der Waals surface area (Å²) in [5.41, 5.74) is 2.31. The van der Waals surface area contributed by atoms with E-state index >= 15 is 0 Å². The van der Waals surface area contributed by atoms with Crippen LogP contribution in [0, 0.1) is 0 Å². The highest BCUT2D eigenvalue weighted by Crippen LogP contribution is 2.15. The minimum absolute atomic E-state index is 0.538. The Labute approximate surface area is 170 Å². The van der Waals surface area contributed by atoms with Crippen LogP contribution in [-0.2, 0) is 13.1 Å². The monoisotopic (exact) mass is 387 g/mol. The second kappa shape index (κ2) is 9.05. The molecule has 0 fully saturated rings. The van der Waals surface area contributed by atoms with Crippen LogP contribution < -0.4 is 10.6 Å². The molecule has 0 aliphatic rings. The van der Waals surface area contributed by atoms with E-state index in [1.54, 1.807) is 13.4 Å². The van der Waals surface area contributed by atoms with Crippen LogP contribution >= 0.6 is 0 Å². The van der Waals surface area contributed by atoms with Crippen molar-refractivity contribution in [1.29, 1.82) is 0 Å². The normalized spacial score (nSPS) is 11.7. The van der Waals surface area contributed by atoms with Gasteiger partial charge < -0.3 is 15.2 Å². The van der Waals surface area contributed by atoms with Gasteiger partial charge >= 0.3 is 0 Å². The fourth-order valence-electron chi connectivity index (χ4n) is 3.36. The maximum absolute atomic E-state index is 4.30. The van der Waals surface area contributed by atoms with E-state index in [2.05, 4.69) is 66.9 Å². The number of rotatable bonds is 7. The summed E-state index contributed by atoms with van der Waals surface area (Å²) in [5, 5.41) is 16.2. The number of aryl methyl sites for hydroxylation is 1. The van der Waals surface area contributed by atoms with Crippen molar-refractivity contribution in [3.8, 4) is 5.69 Å². The van der Waals surface area contributed by atoms with Crippen LogP contribution in [0.1, 0.15) is 12.2 Å². The molecule has 0 spiro atoms. The highest BCUT2D eigenvalue weighted by Gasteiger charge is 2.07. The number of aromatic nitrogens is 4. The van der Waals surface area contributed by atoms with Crippen molar-refractivity contribution in [2.75, 3.05) is 13.6 Å². The van der Waals surface area contributed by atoms with Crippen LogP contribution in [0.4, 0.5) is 0 Å². The number of nitrogens with one attached hydrogen (secondary N) is 2. The Morgan fingerprint density at radius 3 is 2.69 bits per heavy atom. The fraction of sp³-hybridized carbons (Fsp3) is 0.227. The molecule has 0 amide bonds. The maximum Gasteiger partial charge on any atom is 0.191 e. The predicted octanol–water partition coefficient (Wildman–Crippen LogP) is 2.98. The van der Waals surface area contributed by atoms with Crippen LogP contribution in [0.15, 0.2) is 78.2 Å². The molecule has 0 atom stereocenters. The Morgan fingerprint density at radius 2 is 1.83 bits per heavy atom. The summed E-state index contributed by atoms with van der Waals surface area (Å²) >= 11 is 0. The van der Waals surface area contributed by atoms with Crippen molar-refractivity contribution in [2.45, 2.75) is 19.5 Å². The molecule has 0 unspecified atom stereocenters. The highest BCUT2D eigenvalue weighted by atomic mass is 15.3. The van der Waals surface area contributed by atoms with Gasteiger partial charge in [0.2, 0.25) is 0 Å². The fourth-order valence-corrected chi connectivity index (χ4v) is 3.36. The number of fused-ring (bicyclic) bond motifs is 1. The van der Waals surface area contributed by atoms with Gasteiger partial charge in [0.15, 0.2) is 11.8 Å². The van der Waals surface area contributed by atoms with E-state index in [1.165, 1.54) is 10.9 Å². The zero-order valence-corrected chi connectivity index (χ0v) is 16.5. The van der Waals surface area contributed by atoms with Crippen molar-refractivity contribution in [1.82, 2.24) is 30.0 Å². The van der Waals surface area contributed by atoms with Crippen LogP contribution in [0.25, 0.3) is 16.6 Å². The van der Waals surface area contributed by atoms with Gasteiger partial charge in [0.1, 0.15) is 6.33 Å². The van der Waals surface area contributed by atoms with Gasteiger partial charge in [-0.15, -0.1) is 10.2 Å².